The zero-order valence-corrected chi connectivity index (χ0v) is 17.5. The van der Waals surface area contributed by atoms with Crippen molar-refractivity contribution in [1.82, 2.24) is 4.57 Å². The van der Waals surface area contributed by atoms with Gasteiger partial charge >= 0.3 is 0 Å². The van der Waals surface area contributed by atoms with Crippen molar-refractivity contribution in [2.45, 2.75) is 20.4 Å². The molecule has 0 saturated carbocycles. The average Bonchev–Trinajstić information content (AvgIpc) is 3.07. The molecule has 1 aromatic heterocycles. The number of hydrogen-bond donors (Lipinski definition) is 0. The first kappa shape index (κ1) is 18.6. The predicted octanol–water partition coefficient (Wildman–Crippen LogP) is 5.74. The molecule has 0 spiro atoms. The van der Waals surface area contributed by atoms with Crippen LogP contribution in [0.2, 0.25) is 0 Å². The molecule has 4 aromatic rings. The van der Waals surface area contributed by atoms with Crippen molar-refractivity contribution >= 4 is 32.1 Å². The van der Waals surface area contributed by atoms with Gasteiger partial charge in [0.2, 0.25) is 9.60 Å². The van der Waals surface area contributed by atoms with Crippen molar-refractivity contribution in [2.75, 3.05) is 0 Å². The molecule has 0 N–H and O–H groups in total. The minimum Gasteiger partial charge on any atom is -0.288 e. The van der Waals surface area contributed by atoms with E-state index < -0.39 is 0 Å². The molecule has 28 heavy (non-hydrogen) atoms. The number of hydrogen-bond acceptors (Lipinski definition) is 4. The Bertz CT molecular complexity index is 1100. The largest absolute Gasteiger partial charge is 0.288 e. The smallest absolute Gasteiger partial charge is 0.202 e. The van der Waals surface area contributed by atoms with Gasteiger partial charge in [-0.25, -0.2) is 9.98 Å². The number of nitrogens with zero attached hydrogens (tertiary/aromatic N) is 3. The molecule has 0 saturated heterocycles. The van der Waals surface area contributed by atoms with E-state index in [0.29, 0.717) is 0 Å². The van der Waals surface area contributed by atoms with Crippen LogP contribution < -0.4 is 9.60 Å². The molecule has 0 radical (unpaired) electrons. The molecule has 0 unspecified atom stereocenters. The summed E-state index contributed by atoms with van der Waals surface area (Å²) in [5, 5.41) is 0. The summed E-state index contributed by atoms with van der Waals surface area (Å²) in [5.41, 5.74) is 5.63. The SMILES string of the molecule is Cc1ccc(N=c2ssc(=Nc3ccc(C)cc3)n2Cc2ccccc2)cc1. The van der Waals surface area contributed by atoms with Gasteiger partial charge < -0.3 is 0 Å². The van der Waals surface area contributed by atoms with Crippen LogP contribution in [0.4, 0.5) is 11.4 Å². The van der Waals surface area contributed by atoms with Crippen molar-refractivity contribution in [3.05, 3.63) is 105 Å². The van der Waals surface area contributed by atoms with Crippen LogP contribution in [-0.4, -0.2) is 4.57 Å². The highest BCUT2D eigenvalue weighted by Gasteiger charge is 2.04. The molecule has 5 heteroatoms. The fourth-order valence-electron chi connectivity index (χ4n) is 2.77. The van der Waals surface area contributed by atoms with Gasteiger partial charge in [-0.05, 0) is 64.4 Å². The molecule has 1 heterocycles. The minimum atomic E-state index is 0.746. The second-order valence-corrected chi connectivity index (χ2v) is 8.76. The highest BCUT2D eigenvalue weighted by Crippen LogP contribution is 2.14. The molecule has 0 bridgehead atoms. The van der Waals surface area contributed by atoms with Gasteiger partial charge in [-0.15, -0.1) is 0 Å². The van der Waals surface area contributed by atoms with E-state index in [0.717, 1.165) is 27.5 Å². The van der Waals surface area contributed by atoms with E-state index in [9.17, 15) is 0 Å². The molecule has 4 rings (SSSR count). The Morgan fingerprint density at radius 3 is 1.57 bits per heavy atom. The third-order valence-electron chi connectivity index (χ3n) is 4.35. The third-order valence-corrected chi connectivity index (χ3v) is 6.50. The molecular formula is C23H21N3S2. The summed E-state index contributed by atoms with van der Waals surface area (Å²) >= 11 is 0. The van der Waals surface area contributed by atoms with Crippen molar-refractivity contribution in [3.8, 4) is 0 Å². The lowest BCUT2D eigenvalue weighted by Crippen LogP contribution is -2.26. The van der Waals surface area contributed by atoms with E-state index >= 15 is 0 Å². The summed E-state index contributed by atoms with van der Waals surface area (Å²) in [6.07, 6.45) is 0. The number of aromatic nitrogens is 1. The van der Waals surface area contributed by atoms with Gasteiger partial charge in [-0.1, -0.05) is 65.7 Å². The second-order valence-electron chi connectivity index (χ2n) is 6.70. The van der Waals surface area contributed by atoms with E-state index in [4.69, 9.17) is 9.98 Å². The summed E-state index contributed by atoms with van der Waals surface area (Å²) in [4.78, 5) is 11.7. The maximum absolute atomic E-state index is 4.89. The molecule has 0 amide bonds. The Morgan fingerprint density at radius 1 is 0.643 bits per heavy atom. The van der Waals surface area contributed by atoms with Gasteiger partial charge in [0, 0.05) is 0 Å². The molecule has 0 aliphatic carbocycles. The maximum atomic E-state index is 4.89. The molecule has 140 valence electrons. The van der Waals surface area contributed by atoms with Gasteiger partial charge in [0.1, 0.15) is 0 Å². The standard InChI is InChI=1S/C23H21N3S2/c1-17-8-12-20(13-9-17)24-22-26(16-19-6-4-3-5-7-19)23(28-27-22)25-21-14-10-18(2)11-15-21/h3-15H,16H2,1-2H3. The zero-order chi connectivity index (χ0) is 19.3. The van der Waals surface area contributed by atoms with Crippen molar-refractivity contribution < 1.29 is 0 Å². The molecule has 0 aliphatic rings. The lowest BCUT2D eigenvalue weighted by Gasteiger charge is -2.04. The minimum absolute atomic E-state index is 0.746. The fourth-order valence-corrected chi connectivity index (χ4v) is 4.95. The van der Waals surface area contributed by atoms with Crippen LogP contribution >= 0.6 is 20.7 Å². The fraction of sp³-hybridized carbons (Fsp3) is 0.130. The van der Waals surface area contributed by atoms with Crippen LogP contribution in [0.15, 0.2) is 88.8 Å². The van der Waals surface area contributed by atoms with Crippen molar-refractivity contribution in [1.29, 1.82) is 0 Å². The van der Waals surface area contributed by atoms with Crippen LogP contribution in [0.25, 0.3) is 0 Å². The first-order valence-corrected chi connectivity index (χ1v) is 11.3. The lowest BCUT2D eigenvalue weighted by molar-refractivity contribution is 0.738. The summed E-state index contributed by atoms with van der Waals surface area (Å²) < 4.78 is 2.20. The highest BCUT2D eigenvalue weighted by atomic mass is 32.9. The summed E-state index contributed by atoms with van der Waals surface area (Å²) in [5.74, 6) is 0. The number of aryl methyl sites for hydroxylation is 2. The first-order valence-electron chi connectivity index (χ1n) is 9.14. The zero-order valence-electron chi connectivity index (χ0n) is 15.9. The Labute approximate surface area is 172 Å². The lowest BCUT2D eigenvalue weighted by atomic mass is 10.2. The summed E-state index contributed by atoms with van der Waals surface area (Å²) in [6, 6.07) is 27.1. The third kappa shape index (κ3) is 4.55. The van der Waals surface area contributed by atoms with Crippen molar-refractivity contribution in [3.63, 3.8) is 0 Å². The molecule has 0 aliphatic heterocycles. The van der Waals surface area contributed by atoms with Crippen LogP contribution in [0, 0.1) is 13.8 Å². The topological polar surface area (TPSA) is 29.6 Å². The molecule has 3 nitrogen and oxygen atoms in total. The van der Waals surface area contributed by atoms with E-state index in [-0.39, 0.29) is 0 Å². The second kappa shape index (κ2) is 8.50. The predicted molar refractivity (Wildman–Crippen MR) is 119 cm³/mol. The molecule has 0 fully saturated rings. The maximum Gasteiger partial charge on any atom is 0.202 e. The van der Waals surface area contributed by atoms with Crippen molar-refractivity contribution in [2.24, 2.45) is 9.98 Å². The van der Waals surface area contributed by atoms with Crippen LogP contribution in [0.3, 0.4) is 0 Å². The van der Waals surface area contributed by atoms with Gasteiger partial charge in [0.25, 0.3) is 0 Å². The Balaban J connectivity index is 1.83. The first-order chi connectivity index (χ1) is 13.7. The number of rotatable bonds is 4. The normalized spacial score (nSPS) is 12.5. The van der Waals surface area contributed by atoms with Gasteiger partial charge in [-0.3, -0.25) is 4.57 Å². The van der Waals surface area contributed by atoms with Gasteiger partial charge in [0.05, 0.1) is 17.9 Å². The Morgan fingerprint density at radius 2 is 1.11 bits per heavy atom. The highest BCUT2D eigenvalue weighted by molar-refractivity contribution is 7.67. The van der Waals surface area contributed by atoms with E-state index in [1.54, 1.807) is 20.7 Å². The Hall–Kier alpha value is -2.76. The molecule has 3 aromatic carbocycles. The molecular weight excluding hydrogens is 382 g/mol. The monoisotopic (exact) mass is 403 g/mol. The van der Waals surface area contributed by atoms with Crippen LogP contribution in [0.5, 0.6) is 0 Å². The van der Waals surface area contributed by atoms with Gasteiger partial charge in [-0.2, -0.15) is 0 Å². The Kier molecular flexibility index (Phi) is 5.65. The van der Waals surface area contributed by atoms with Crippen LogP contribution in [-0.2, 0) is 6.54 Å². The summed E-state index contributed by atoms with van der Waals surface area (Å²) in [6.45, 7) is 4.92. The average molecular weight is 404 g/mol. The van der Waals surface area contributed by atoms with Gasteiger partial charge in [0.15, 0.2) is 0 Å². The van der Waals surface area contributed by atoms with Crippen LogP contribution in [0.1, 0.15) is 16.7 Å². The number of benzene rings is 3. The van der Waals surface area contributed by atoms with E-state index in [2.05, 4.69) is 91.2 Å². The quantitative estimate of drug-likeness (QED) is 0.389. The summed E-state index contributed by atoms with van der Waals surface area (Å²) in [7, 11) is 3.32. The van der Waals surface area contributed by atoms with E-state index in [1.165, 1.54) is 16.7 Å². The molecule has 0 atom stereocenters. The van der Waals surface area contributed by atoms with E-state index in [1.807, 2.05) is 6.07 Å².